The second kappa shape index (κ2) is 4.09. The third kappa shape index (κ3) is 2.00. The highest BCUT2D eigenvalue weighted by atomic mass is 16.6. The average molecular weight is 231 g/mol. The summed E-state index contributed by atoms with van der Waals surface area (Å²) in [6.45, 7) is 0. The number of hydrogen-bond donors (Lipinski definition) is 2. The maximum atomic E-state index is 10.5. The Kier molecular flexibility index (Phi) is 2.61. The first-order valence-corrected chi connectivity index (χ1v) is 4.78. The molecule has 17 heavy (non-hydrogen) atoms. The Morgan fingerprint density at radius 2 is 2.06 bits per heavy atom. The van der Waals surface area contributed by atoms with E-state index in [1.807, 2.05) is 0 Å². The molecule has 0 amide bonds. The van der Waals surface area contributed by atoms with Crippen LogP contribution in [0.2, 0.25) is 0 Å². The van der Waals surface area contributed by atoms with Crippen LogP contribution in [-0.2, 0) is 0 Å². The van der Waals surface area contributed by atoms with Crippen LogP contribution in [0.4, 0.5) is 11.5 Å². The fraction of sp³-hybridized carbons (Fsp3) is 0. The zero-order chi connectivity index (χ0) is 12.4. The van der Waals surface area contributed by atoms with Crippen LogP contribution in [0.25, 0.3) is 11.1 Å². The number of aromatic nitrogens is 1. The van der Waals surface area contributed by atoms with Crippen molar-refractivity contribution >= 4 is 11.5 Å². The number of hydrogen-bond acceptors (Lipinski definition) is 5. The van der Waals surface area contributed by atoms with E-state index in [1.54, 1.807) is 12.1 Å². The van der Waals surface area contributed by atoms with Gasteiger partial charge in [-0.05, 0) is 28.1 Å². The molecular weight excluding hydrogens is 222 g/mol. The number of nitrogen functional groups attached to an aromatic ring is 1. The maximum absolute atomic E-state index is 10.5. The minimum atomic E-state index is -0.585. The molecule has 0 aliphatic rings. The highest BCUT2D eigenvalue weighted by Crippen LogP contribution is 2.34. The lowest BCUT2D eigenvalue weighted by Crippen LogP contribution is -1.94. The molecule has 2 rings (SSSR count). The van der Waals surface area contributed by atoms with Crippen LogP contribution in [0.5, 0.6) is 5.75 Å². The molecule has 0 spiro atoms. The quantitative estimate of drug-likeness (QED) is 0.467. The van der Waals surface area contributed by atoms with Gasteiger partial charge in [-0.3, -0.25) is 0 Å². The predicted octanol–water partition coefficient (Wildman–Crippen LogP) is 1.94. The number of nitrogens with two attached hydrogens (primary N) is 1. The normalized spacial score (nSPS) is 10.1. The highest BCUT2D eigenvalue weighted by molar-refractivity contribution is 5.81. The Balaban J connectivity index is 2.50. The van der Waals surface area contributed by atoms with Gasteiger partial charge < -0.3 is 21.0 Å². The van der Waals surface area contributed by atoms with Gasteiger partial charge in [0.25, 0.3) is 0 Å². The second-order valence-corrected chi connectivity index (χ2v) is 3.40. The molecule has 0 radical (unpaired) electrons. The van der Waals surface area contributed by atoms with Crippen LogP contribution in [0.1, 0.15) is 0 Å². The van der Waals surface area contributed by atoms with Crippen LogP contribution in [0.3, 0.4) is 0 Å². The first-order chi connectivity index (χ1) is 8.09. The molecule has 86 valence electrons. The van der Waals surface area contributed by atoms with E-state index in [4.69, 9.17) is 5.73 Å². The van der Waals surface area contributed by atoms with E-state index in [0.29, 0.717) is 16.8 Å². The van der Waals surface area contributed by atoms with Gasteiger partial charge in [-0.2, -0.15) is 0 Å². The average Bonchev–Trinajstić information content (AvgIpc) is 2.29. The lowest BCUT2D eigenvalue weighted by Gasteiger charge is -2.06. The SMILES string of the molecule is Nc1cccc(O)c1-c1ccc([N+](=O)[O-])nc1. The van der Waals surface area contributed by atoms with Crippen LogP contribution < -0.4 is 5.73 Å². The van der Waals surface area contributed by atoms with Gasteiger partial charge in [0, 0.05) is 17.3 Å². The molecule has 0 aliphatic heterocycles. The summed E-state index contributed by atoms with van der Waals surface area (Å²) in [5.74, 6) is -0.233. The molecule has 3 N–H and O–H groups in total. The zero-order valence-corrected chi connectivity index (χ0v) is 8.70. The largest absolute Gasteiger partial charge is 0.507 e. The topological polar surface area (TPSA) is 102 Å². The molecule has 2 aromatic rings. The molecule has 6 nitrogen and oxygen atoms in total. The number of rotatable bonds is 2. The lowest BCUT2D eigenvalue weighted by molar-refractivity contribution is -0.389. The van der Waals surface area contributed by atoms with Crippen LogP contribution in [0.15, 0.2) is 36.5 Å². The number of nitro groups is 1. The number of nitrogens with zero attached hydrogens (tertiary/aromatic N) is 2. The number of anilines is 1. The predicted molar refractivity (Wildman–Crippen MR) is 62.4 cm³/mol. The molecule has 6 heteroatoms. The minimum absolute atomic E-state index is 0.0145. The van der Waals surface area contributed by atoms with Gasteiger partial charge in [0.05, 0.1) is 5.56 Å². The van der Waals surface area contributed by atoms with Gasteiger partial charge in [-0.25, -0.2) is 0 Å². The molecule has 1 heterocycles. The second-order valence-electron chi connectivity index (χ2n) is 3.40. The van der Waals surface area contributed by atoms with Crippen molar-refractivity contribution < 1.29 is 10.0 Å². The molecule has 0 bridgehead atoms. The molecule has 0 saturated carbocycles. The van der Waals surface area contributed by atoms with Gasteiger partial charge in [0.15, 0.2) is 0 Å². The first kappa shape index (κ1) is 10.9. The summed E-state index contributed by atoms with van der Waals surface area (Å²) in [7, 11) is 0. The number of aromatic hydroxyl groups is 1. The van der Waals surface area contributed by atoms with E-state index in [0.717, 1.165) is 0 Å². The first-order valence-electron chi connectivity index (χ1n) is 4.78. The van der Waals surface area contributed by atoms with E-state index in [9.17, 15) is 15.2 Å². The van der Waals surface area contributed by atoms with Crippen molar-refractivity contribution in [1.29, 1.82) is 0 Å². The third-order valence-electron chi connectivity index (χ3n) is 2.30. The van der Waals surface area contributed by atoms with Crippen LogP contribution in [-0.4, -0.2) is 15.0 Å². The minimum Gasteiger partial charge on any atom is -0.507 e. The molecule has 0 fully saturated rings. The third-order valence-corrected chi connectivity index (χ3v) is 2.30. The molecular formula is C11H9N3O3. The van der Waals surface area contributed by atoms with Crippen LogP contribution >= 0.6 is 0 Å². The Labute approximate surface area is 96.5 Å². The van der Waals surface area contributed by atoms with Crippen molar-refractivity contribution in [3.8, 4) is 16.9 Å². The summed E-state index contributed by atoms with van der Waals surface area (Å²) in [5, 5.41) is 20.1. The Bertz CT molecular complexity index is 546. The van der Waals surface area contributed by atoms with Crippen LogP contribution in [0, 0.1) is 10.1 Å². The number of phenolic OH excluding ortho intramolecular Hbond substituents is 1. The standard InChI is InChI=1S/C11H9N3O3/c12-8-2-1-3-9(15)11(8)7-4-5-10(13-6-7)14(16)17/h1-6,15H,12H2. The van der Waals surface area contributed by atoms with E-state index in [-0.39, 0.29) is 11.6 Å². The highest BCUT2D eigenvalue weighted by Gasteiger charge is 2.12. The van der Waals surface area contributed by atoms with Crippen molar-refractivity contribution in [1.82, 2.24) is 4.98 Å². The molecule has 0 atom stereocenters. The lowest BCUT2D eigenvalue weighted by atomic mass is 10.0. The van der Waals surface area contributed by atoms with Gasteiger partial charge in [0.2, 0.25) is 0 Å². The summed E-state index contributed by atoms with van der Waals surface area (Å²) < 4.78 is 0. The molecule has 1 aromatic carbocycles. The number of benzene rings is 1. The van der Waals surface area contributed by atoms with E-state index < -0.39 is 4.92 Å². The monoisotopic (exact) mass is 231 g/mol. The smallest absolute Gasteiger partial charge is 0.363 e. The molecule has 0 aliphatic carbocycles. The van der Waals surface area contributed by atoms with Crippen molar-refractivity contribution in [2.24, 2.45) is 0 Å². The summed E-state index contributed by atoms with van der Waals surface area (Å²) in [6.07, 6.45) is 1.31. The van der Waals surface area contributed by atoms with Gasteiger partial charge in [-0.1, -0.05) is 6.07 Å². The van der Waals surface area contributed by atoms with Crippen molar-refractivity contribution in [2.75, 3.05) is 5.73 Å². The van der Waals surface area contributed by atoms with E-state index >= 15 is 0 Å². The number of pyridine rings is 1. The summed E-state index contributed by atoms with van der Waals surface area (Å²) in [4.78, 5) is 13.5. The molecule has 0 unspecified atom stereocenters. The Morgan fingerprint density at radius 3 is 2.59 bits per heavy atom. The van der Waals surface area contributed by atoms with E-state index in [1.165, 1.54) is 24.4 Å². The Morgan fingerprint density at radius 1 is 1.29 bits per heavy atom. The van der Waals surface area contributed by atoms with Crippen molar-refractivity contribution in [3.63, 3.8) is 0 Å². The summed E-state index contributed by atoms with van der Waals surface area (Å²) in [6, 6.07) is 7.51. The fourth-order valence-electron chi connectivity index (χ4n) is 1.51. The summed E-state index contributed by atoms with van der Waals surface area (Å²) in [5.41, 5.74) is 7.08. The van der Waals surface area contributed by atoms with Gasteiger partial charge in [-0.15, -0.1) is 0 Å². The van der Waals surface area contributed by atoms with Crippen molar-refractivity contribution in [3.05, 3.63) is 46.6 Å². The Hall–Kier alpha value is -2.63. The summed E-state index contributed by atoms with van der Waals surface area (Å²) >= 11 is 0. The van der Waals surface area contributed by atoms with Gasteiger partial charge >= 0.3 is 5.82 Å². The maximum Gasteiger partial charge on any atom is 0.363 e. The van der Waals surface area contributed by atoms with Gasteiger partial charge in [0.1, 0.15) is 11.9 Å². The number of phenols is 1. The molecule has 0 saturated heterocycles. The molecule has 1 aromatic heterocycles. The van der Waals surface area contributed by atoms with Crippen molar-refractivity contribution in [2.45, 2.75) is 0 Å². The fourth-order valence-corrected chi connectivity index (χ4v) is 1.51. The zero-order valence-electron chi connectivity index (χ0n) is 8.70. The van der Waals surface area contributed by atoms with E-state index in [2.05, 4.69) is 4.98 Å².